The van der Waals surface area contributed by atoms with Crippen molar-refractivity contribution < 1.29 is 23.9 Å². The molecule has 0 aliphatic heterocycles. The Kier molecular flexibility index (Phi) is 35.5. The van der Waals surface area contributed by atoms with Gasteiger partial charge in [0, 0.05) is 0 Å². The van der Waals surface area contributed by atoms with Crippen LogP contribution >= 0.6 is 0 Å². The van der Waals surface area contributed by atoms with Crippen LogP contribution in [0.15, 0.2) is 0 Å². The molecule has 0 saturated heterocycles. The van der Waals surface area contributed by atoms with Gasteiger partial charge in [-0.05, 0) is 51.6 Å². The second kappa shape index (κ2) is 36.7. The molecule has 7 nitrogen and oxygen atoms in total. The van der Waals surface area contributed by atoms with Gasteiger partial charge in [0.2, 0.25) is 5.91 Å². The summed E-state index contributed by atoms with van der Waals surface area (Å²) in [4.78, 5) is 44.3. The smallest absolute Gasteiger partial charge is 0.308 e. The highest BCUT2D eigenvalue weighted by Crippen LogP contribution is 2.22. The molecule has 7 heteroatoms. The second-order valence-corrected chi connectivity index (χ2v) is 15.2. The number of hydrogen-bond donors (Lipinski definition) is 0. The SMILES string of the molecule is CCCCCCCCC(CCCCCC)C(=O)OCCN(CCOC(=O)C(CCCCCC)CCCCCCCC)C(=O)CN(CCC)CCC. The highest BCUT2D eigenvalue weighted by molar-refractivity contribution is 5.78. The quantitative estimate of drug-likeness (QED) is 0.0466. The fourth-order valence-corrected chi connectivity index (χ4v) is 7.04. The summed E-state index contributed by atoms with van der Waals surface area (Å²) in [6.07, 6.45) is 29.2. The average molecular weight is 723 g/mol. The van der Waals surface area contributed by atoms with Crippen molar-refractivity contribution in [3.05, 3.63) is 0 Å². The Labute approximate surface area is 317 Å². The van der Waals surface area contributed by atoms with Crippen molar-refractivity contribution in [3.8, 4) is 0 Å². The van der Waals surface area contributed by atoms with Gasteiger partial charge in [-0.1, -0.05) is 170 Å². The highest BCUT2D eigenvalue weighted by Gasteiger charge is 2.23. The van der Waals surface area contributed by atoms with E-state index in [0.717, 1.165) is 90.1 Å². The first kappa shape index (κ1) is 49.4. The number of unbranched alkanes of at least 4 members (excludes halogenated alkanes) is 16. The van der Waals surface area contributed by atoms with E-state index in [-0.39, 0.29) is 42.9 Å². The van der Waals surface area contributed by atoms with Crippen LogP contribution in [-0.2, 0) is 23.9 Å². The van der Waals surface area contributed by atoms with Gasteiger partial charge in [-0.15, -0.1) is 0 Å². The maximum absolute atomic E-state index is 13.6. The Morgan fingerprint density at radius 1 is 0.412 bits per heavy atom. The minimum Gasteiger partial charge on any atom is -0.464 e. The van der Waals surface area contributed by atoms with Crippen LogP contribution in [-0.4, -0.2) is 73.6 Å². The molecule has 0 spiro atoms. The van der Waals surface area contributed by atoms with E-state index in [1.54, 1.807) is 4.90 Å². The monoisotopic (exact) mass is 723 g/mol. The molecule has 0 radical (unpaired) electrons. The van der Waals surface area contributed by atoms with Gasteiger partial charge in [0.1, 0.15) is 13.2 Å². The van der Waals surface area contributed by atoms with Crippen molar-refractivity contribution >= 4 is 17.8 Å². The normalized spacial score (nSPS) is 12.6. The predicted molar refractivity (Wildman–Crippen MR) is 216 cm³/mol. The number of nitrogens with zero attached hydrogens (tertiary/aromatic N) is 2. The number of carbonyl (C=O) groups excluding carboxylic acids is 3. The Balaban J connectivity index is 5.37. The fraction of sp³-hybridized carbons (Fsp3) is 0.932. The van der Waals surface area contributed by atoms with Crippen LogP contribution in [0.5, 0.6) is 0 Å². The van der Waals surface area contributed by atoms with Gasteiger partial charge in [0.25, 0.3) is 0 Å². The summed E-state index contributed by atoms with van der Waals surface area (Å²) in [5.41, 5.74) is 0. The van der Waals surface area contributed by atoms with Crippen molar-refractivity contribution in [1.29, 1.82) is 0 Å². The zero-order chi connectivity index (χ0) is 37.8. The molecule has 1 amide bonds. The summed E-state index contributed by atoms with van der Waals surface area (Å²) >= 11 is 0. The van der Waals surface area contributed by atoms with Crippen LogP contribution < -0.4 is 0 Å². The summed E-state index contributed by atoms with van der Waals surface area (Å²) in [5.74, 6) is -0.348. The number of esters is 2. The van der Waals surface area contributed by atoms with Gasteiger partial charge in [-0.2, -0.15) is 0 Å². The molecule has 0 fully saturated rings. The van der Waals surface area contributed by atoms with E-state index in [2.05, 4.69) is 46.4 Å². The number of hydrogen-bond acceptors (Lipinski definition) is 6. The van der Waals surface area contributed by atoms with Crippen LogP contribution in [0.4, 0.5) is 0 Å². The third-order valence-electron chi connectivity index (χ3n) is 10.3. The van der Waals surface area contributed by atoms with E-state index in [1.807, 2.05) is 0 Å². The van der Waals surface area contributed by atoms with E-state index in [1.165, 1.54) is 89.9 Å². The molecular formula is C44H86N2O5. The molecule has 0 aliphatic rings. The first-order valence-electron chi connectivity index (χ1n) is 22.2. The summed E-state index contributed by atoms with van der Waals surface area (Å²) in [7, 11) is 0. The summed E-state index contributed by atoms with van der Waals surface area (Å²) in [6.45, 7) is 16.3. The first-order valence-corrected chi connectivity index (χ1v) is 22.2. The van der Waals surface area contributed by atoms with E-state index in [0.29, 0.717) is 19.6 Å². The van der Waals surface area contributed by atoms with E-state index >= 15 is 0 Å². The van der Waals surface area contributed by atoms with Crippen molar-refractivity contribution in [2.45, 2.75) is 208 Å². The standard InChI is InChI=1S/C44H86N2O5/c1-7-13-17-21-23-27-31-40(29-25-19-15-9-3)43(48)50-37-35-46(42(47)39-45(33-11-5)34-12-6)36-38-51-44(49)41(30-26-20-16-10-4)32-28-24-22-18-14-8-2/h40-41H,7-39H2,1-6H3. The summed E-state index contributed by atoms with van der Waals surface area (Å²) in [5, 5.41) is 0. The van der Waals surface area contributed by atoms with Gasteiger partial charge in [-0.3, -0.25) is 19.3 Å². The molecule has 0 aromatic heterocycles. The Morgan fingerprint density at radius 3 is 1.06 bits per heavy atom. The third kappa shape index (κ3) is 28.5. The van der Waals surface area contributed by atoms with Gasteiger partial charge >= 0.3 is 11.9 Å². The van der Waals surface area contributed by atoms with Gasteiger partial charge in [-0.25, -0.2) is 0 Å². The van der Waals surface area contributed by atoms with Crippen LogP contribution in [0.3, 0.4) is 0 Å². The maximum atomic E-state index is 13.6. The van der Waals surface area contributed by atoms with Gasteiger partial charge in [0.15, 0.2) is 0 Å². The molecule has 2 unspecified atom stereocenters. The Morgan fingerprint density at radius 2 is 0.725 bits per heavy atom. The summed E-state index contributed by atoms with van der Waals surface area (Å²) < 4.78 is 11.8. The van der Waals surface area contributed by atoms with Crippen molar-refractivity contribution in [3.63, 3.8) is 0 Å². The molecule has 0 aliphatic carbocycles. The van der Waals surface area contributed by atoms with Gasteiger partial charge < -0.3 is 14.4 Å². The summed E-state index contributed by atoms with van der Waals surface area (Å²) in [6, 6.07) is 0. The van der Waals surface area contributed by atoms with Crippen LogP contribution in [0.25, 0.3) is 0 Å². The molecule has 302 valence electrons. The minimum atomic E-state index is -0.113. The molecule has 0 N–H and O–H groups in total. The third-order valence-corrected chi connectivity index (χ3v) is 10.3. The lowest BCUT2D eigenvalue weighted by Gasteiger charge is -2.27. The van der Waals surface area contributed by atoms with Crippen LogP contribution in [0.1, 0.15) is 208 Å². The van der Waals surface area contributed by atoms with Gasteiger partial charge in [0.05, 0.1) is 31.5 Å². The molecule has 0 bridgehead atoms. The molecular weight excluding hydrogens is 636 g/mol. The number of rotatable bonds is 38. The molecule has 2 atom stereocenters. The molecule has 0 aromatic carbocycles. The van der Waals surface area contributed by atoms with Crippen LogP contribution in [0, 0.1) is 11.8 Å². The second-order valence-electron chi connectivity index (χ2n) is 15.2. The van der Waals surface area contributed by atoms with Crippen molar-refractivity contribution in [2.75, 3.05) is 45.9 Å². The molecule has 51 heavy (non-hydrogen) atoms. The minimum absolute atomic E-state index is 0.00962. The topological polar surface area (TPSA) is 76.1 Å². The van der Waals surface area contributed by atoms with Crippen molar-refractivity contribution in [2.24, 2.45) is 11.8 Å². The average Bonchev–Trinajstić information content (AvgIpc) is 3.12. The zero-order valence-electron chi connectivity index (χ0n) is 34.9. The lowest BCUT2D eigenvalue weighted by Crippen LogP contribution is -2.44. The zero-order valence-corrected chi connectivity index (χ0v) is 34.9. The Hall–Kier alpha value is -1.63. The molecule has 0 rings (SSSR count). The van der Waals surface area contributed by atoms with E-state index < -0.39 is 0 Å². The Bertz CT molecular complexity index is 750. The number of carbonyl (C=O) groups is 3. The lowest BCUT2D eigenvalue weighted by molar-refractivity contribution is -0.152. The lowest BCUT2D eigenvalue weighted by atomic mass is 9.94. The van der Waals surface area contributed by atoms with E-state index in [9.17, 15) is 14.4 Å². The fourth-order valence-electron chi connectivity index (χ4n) is 7.04. The van der Waals surface area contributed by atoms with Crippen molar-refractivity contribution in [1.82, 2.24) is 9.80 Å². The largest absolute Gasteiger partial charge is 0.464 e. The predicted octanol–water partition coefficient (Wildman–Crippen LogP) is 11.7. The van der Waals surface area contributed by atoms with Crippen LogP contribution in [0.2, 0.25) is 0 Å². The highest BCUT2D eigenvalue weighted by atomic mass is 16.5. The number of ether oxygens (including phenoxy) is 2. The van der Waals surface area contributed by atoms with E-state index in [4.69, 9.17) is 9.47 Å². The molecule has 0 aromatic rings. The maximum Gasteiger partial charge on any atom is 0.308 e. The molecule has 0 heterocycles. The molecule has 0 saturated carbocycles. The number of amides is 1. The first-order chi connectivity index (χ1) is 24.9.